The fourth-order valence-electron chi connectivity index (χ4n) is 2.39. The number of hydrogen-bond donors (Lipinski definition) is 3. The molecule has 0 aliphatic carbocycles. The van der Waals surface area contributed by atoms with Gasteiger partial charge in [0.15, 0.2) is 0 Å². The summed E-state index contributed by atoms with van der Waals surface area (Å²) in [5.41, 5.74) is 7.72. The summed E-state index contributed by atoms with van der Waals surface area (Å²) in [6.45, 7) is 3.83. The zero-order valence-corrected chi connectivity index (χ0v) is 13.2. The lowest BCUT2D eigenvalue weighted by Crippen LogP contribution is -2.42. The molecule has 4 N–H and O–H groups in total. The number of nitrogens with one attached hydrogen (secondary N) is 1. The first-order valence-electron chi connectivity index (χ1n) is 7.52. The Hall–Kier alpha value is -2.63. The quantitative estimate of drug-likeness (QED) is 0.707. The van der Waals surface area contributed by atoms with Crippen LogP contribution in [0.4, 0.5) is 5.69 Å². The smallest absolute Gasteiger partial charge is 0.326 e. The topological polar surface area (TPSA) is 105 Å². The molecule has 2 aromatic rings. The van der Waals surface area contributed by atoms with Gasteiger partial charge in [-0.3, -0.25) is 9.78 Å². The molecule has 122 valence electrons. The molecule has 1 aromatic carbocycles. The second-order valence-corrected chi connectivity index (χ2v) is 6.02. The van der Waals surface area contributed by atoms with Crippen LogP contribution < -0.4 is 11.1 Å². The summed E-state index contributed by atoms with van der Waals surface area (Å²) >= 11 is 0. The van der Waals surface area contributed by atoms with Crippen LogP contribution in [-0.2, 0) is 16.0 Å². The zero-order valence-electron chi connectivity index (χ0n) is 13.2. The molecule has 0 radical (unpaired) electrons. The Bertz CT molecular complexity index is 728. The minimum atomic E-state index is -1.02. The van der Waals surface area contributed by atoms with Gasteiger partial charge in [-0.05, 0) is 36.6 Å². The van der Waals surface area contributed by atoms with E-state index in [1.807, 2.05) is 26.0 Å². The van der Waals surface area contributed by atoms with E-state index in [1.165, 1.54) is 0 Å². The highest BCUT2D eigenvalue weighted by atomic mass is 16.4. The Morgan fingerprint density at radius 1 is 1.26 bits per heavy atom. The molecule has 0 aliphatic rings. The first-order chi connectivity index (χ1) is 10.8. The van der Waals surface area contributed by atoms with Crippen LogP contribution in [0.5, 0.6) is 0 Å². The van der Waals surface area contributed by atoms with Gasteiger partial charge in [0.25, 0.3) is 0 Å². The molecule has 1 heterocycles. The van der Waals surface area contributed by atoms with Gasteiger partial charge in [-0.25, -0.2) is 4.79 Å². The average molecular weight is 315 g/mol. The van der Waals surface area contributed by atoms with Crippen LogP contribution in [0.3, 0.4) is 0 Å². The summed E-state index contributed by atoms with van der Waals surface area (Å²) in [6, 6.07) is 8.09. The molecule has 1 atom stereocenters. The maximum absolute atomic E-state index is 12.1. The van der Waals surface area contributed by atoms with Crippen molar-refractivity contribution in [2.24, 2.45) is 5.92 Å². The first-order valence-corrected chi connectivity index (χ1v) is 7.52. The van der Waals surface area contributed by atoms with Gasteiger partial charge in [-0.1, -0.05) is 19.9 Å². The molecule has 0 bridgehead atoms. The van der Waals surface area contributed by atoms with E-state index in [2.05, 4.69) is 10.3 Å². The Morgan fingerprint density at radius 2 is 2.00 bits per heavy atom. The lowest BCUT2D eigenvalue weighted by atomic mass is 10.0. The monoisotopic (exact) mass is 315 g/mol. The molecule has 2 rings (SSSR count). The minimum absolute atomic E-state index is 0.0438. The van der Waals surface area contributed by atoms with Gasteiger partial charge in [0.2, 0.25) is 5.91 Å². The second kappa shape index (κ2) is 7.09. The molecule has 0 aliphatic heterocycles. The van der Waals surface area contributed by atoms with Crippen molar-refractivity contribution in [3.05, 3.63) is 36.0 Å². The summed E-state index contributed by atoms with van der Waals surface area (Å²) < 4.78 is 0. The highest BCUT2D eigenvalue weighted by Crippen LogP contribution is 2.16. The zero-order chi connectivity index (χ0) is 17.0. The molecule has 6 nitrogen and oxygen atoms in total. The van der Waals surface area contributed by atoms with E-state index in [1.54, 1.807) is 18.2 Å². The standard InChI is InChI=1S/C17H21N3O3/c1-10(2)7-15(17(22)23)20-16(21)9-13-5-3-11-8-12(18)4-6-14(11)19-13/h3-6,8,10,15H,7,9,18H2,1-2H3,(H,20,21)(H,22,23). The van der Waals surface area contributed by atoms with Crippen molar-refractivity contribution in [1.82, 2.24) is 10.3 Å². The molecule has 0 saturated carbocycles. The van der Waals surface area contributed by atoms with Crippen LogP contribution in [0, 0.1) is 5.92 Å². The number of benzene rings is 1. The van der Waals surface area contributed by atoms with Crippen molar-refractivity contribution >= 4 is 28.5 Å². The number of aliphatic carboxylic acids is 1. The summed E-state index contributed by atoms with van der Waals surface area (Å²) in [5.74, 6) is -1.19. The molecule has 1 unspecified atom stereocenters. The number of carboxylic acids is 1. The number of rotatable bonds is 6. The van der Waals surface area contributed by atoms with Crippen LogP contribution in [0.15, 0.2) is 30.3 Å². The van der Waals surface area contributed by atoms with Crippen molar-refractivity contribution < 1.29 is 14.7 Å². The third-order valence-corrected chi connectivity index (χ3v) is 3.45. The number of hydrogen-bond acceptors (Lipinski definition) is 4. The molecule has 0 saturated heterocycles. The maximum Gasteiger partial charge on any atom is 0.326 e. The minimum Gasteiger partial charge on any atom is -0.480 e. The fourth-order valence-corrected chi connectivity index (χ4v) is 2.39. The molecule has 23 heavy (non-hydrogen) atoms. The van der Waals surface area contributed by atoms with E-state index in [4.69, 9.17) is 10.8 Å². The molecular formula is C17H21N3O3. The Morgan fingerprint density at radius 3 is 2.65 bits per heavy atom. The number of amides is 1. The number of pyridine rings is 1. The summed E-state index contributed by atoms with van der Waals surface area (Å²) in [6.07, 6.45) is 0.438. The average Bonchev–Trinajstić information content (AvgIpc) is 2.46. The number of aromatic nitrogens is 1. The third kappa shape index (κ3) is 4.67. The van der Waals surface area contributed by atoms with Gasteiger partial charge in [-0.2, -0.15) is 0 Å². The van der Waals surface area contributed by atoms with Crippen LogP contribution in [0.2, 0.25) is 0 Å². The van der Waals surface area contributed by atoms with Gasteiger partial charge >= 0.3 is 5.97 Å². The predicted octanol–water partition coefficient (Wildman–Crippen LogP) is 1.97. The summed E-state index contributed by atoms with van der Waals surface area (Å²) in [5, 5.41) is 12.6. The maximum atomic E-state index is 12.1. The highest BCUT2D eigenvalue weighted by molar-refractivity contribution is 5.86. The van der Waals surface area contributed by atoms with E-state index < -0.39 is 12.0 Å². The van der Waals surface area contributed by atoms with Gasteiger partial charge < -0.3 is 16.2 Å². The molecule has 6 heteroatoms. The Labute approximate surface area is 134 Å². The van der Waals surface area contributed by atoms with Crippen LogP contribution >= 0.6 is 0 Å². The fraction of sp³-hybridized carbons (Fsp3) is 0.353. The van der Waals surface area contributed by atoms with E-state index in [0.29, 0.717) is 17.8 Å². The molecule has 0 spiro atoms. The number of carboxylic acid groups (broad SMARTS) is 1. The highest BCUT2D eigenvalue weighted by Gasteiger charge is 2.21. The number of anilines is 1. The van der Waals surface area contributed by atoms with Crippen LogP contribution in [0.25, 0.3) is 10.9 Å². The molecule has 0 fully saturated rings. The van der Waals surface area contributed by atoms with Crippen LogP contribution in [-0.4, -0.2) is 28.0 Å². The number of nitrogens with two attached hydrogens (primary N) is 1. The van der Waals surface area contributed by atoms with Crippen molar-refractivity contribution in [2.75, 3.05) is 5.73 Å². The molecule has 1 amide bonds. The third-order valence-electron chi connectivity index (χ3n) is 3.45. The van der Waals surface area contributed by atoms with E-state index in [0.717, 1.165) is 10.9 Å². The van der Waals surface area contributed by atoms with Crippen molar-refractivity contribution in [3.8, 4) is 0 Å². The van der Waals surface area contributed by atoms with Crippen molar-refractivity contribution in [2.45, 2.75) is 32.7 Å². The van der Waals surface area contributed by atoms with Crippen molar-refractivity contribution in [1.29, 1.82) is 0 Å². The Kier molecular flexibility index (Phi) is 5.16. The largest absolute Gasteiger partial charge is 0.480 e. The lowest BCUT2D eigenvalue weighted by molar-refractivity contribution is -0.142. The second-order valence-electron chi connectivity index (χ2n) is 6.02. The normalized spacial score (nSPS) is 12.3. The van der Waals surface area contributed by atoms with E-state index >= 15 is 0 Å². The van der Waals surface area contributed by atoms with E-state index in [9.17, 15) is 9.59 Å². The lowest BCUT2D eigenvalue weighted by Gasteiger charge is -2.16. The Balaban J connectivity index is 2.07. The SMILES string of the molecule is CC(C)CC(NC(=O)Cc1ccc2cc(N)ccc2n1)C(=O)O. The van der Waals surface area contributed by atoms with Gasteiger partial charge in [0.1, 0.15) is 6.04 Å². The van der Waals surface area contributed by atoms with Gasteiger partial charge in [0, 0.05) is 11.1 Å². The van der Waals surface area contributed by atoms with E-state index in [-0.39, 0.29) is 18.2 Å². The molecule has 1 aromatic heterocycles. The number of nitrogen functional groups attached to an aromatic ring is 1. The number of nitrogens with zero attached hydrogens (tertiary/aromatic N) is 1. The number of carbonyl (C=O) groups excluding carboxylic acids is 1. The summed E-state index contributed by atoms with van der Waals surface area (Å²) in [4.78, 5) is 27.7. The van der Waals surface area contributed by atoms with Crippen molar-refractivity contribution in [3.63, 3.8) is 0 Å². The van der Waals surface area contributed by atoms with Crippen LogP contribution in [0.1, 0.15) is 26.0 Å². The van der Waals surface area contributed by atoms with Gasteiger partial charge in [0.05, 0.1) is 17.6 Å². The number of fused-ring (bicyclic) bond motifs is 1. The predicted molar refractivity (Wildman–Crippen MR) is 88.9 cm³/mol. The molecular weight excluding hydrogens is 294 g/mol. The van der Waals surface area contributed by atoms with Gasteiger partial charge in [-0.15, -0.1) is 0 Å². The number of carbonyl (C=O) groups is 2. The first kappa shape index (κ1) is 16.7. The summed E-state index contributed by atoms with van der Waals surface area (Å²) in [7, 11) is 0.